The molecule has 15 heteroatoms. The van der Waals surface area contributed by atoms with Crippen LogP contribution >= 0.6 is 0 Å². The molecule has 0 aliphatic heterocycles. The van der Waals surface area contributed by atoms with Crippen LogP contribution in [-0.2, 0) is 43.7 Å². The standard InChI is InChI=1S/C21H36O12S3/c1-4-12-5-6-14-13-9-17(31-34(22,23)24)16-10-18(32-35(25,26)27)19(33-36(28,29)30)11-21(16,3)15(13)7-8-20(12,14)2/h12-19H,4-11H2,1-3H3,(H,22,23,24)(H,25,26,27)(H,28,29,30). The van der Waals surface area contributed by atoms with Crippen LogP contribution in [0.2, 0.25) is 0 Å². The summed E-state index contributed by atoms with van der Waals surface area (Å²) in [5.41, 5.74) is -0.726. The Morgan fingerprint density at radius 3 is 1.78 bits per heavy atom. The number of rotatable bonds is 7. The van der Waals surface area contributed by atoms with Crippen molar-refractivity contribution in [2.75, 3.05) is 0 Å². The molecule has 10 atom stereocenters. The summed E-state index contributed by atoms with van der Waals surface area (Å²) in [6.07, 6.45) is 0.789. The van der Waals surface area contributed by atoms with Gasteiger partial charge in [0.1, 0.15) is 12.2 Å². The van der Waals surface area contributed by atoms with E-state index in [1.54, 1.807) is 0 Å². The first-order valence-corrected chi connectivity index (χ1v) is 16.4. The number of fused-ring (bicyclic) bond motifs is 5. The molecule has 0 heterocycles. The van der Waals surface area contributed by atoms with Gasteiger partial charge >= 0.3 is 31.2 Å². The lowest BCUT2D eigenvalue weighted by atomic mass is 9.44. The lowest BCUT2D eigenvalue weighted by Gasteiger charge is -2.63. The van der Waals surface area contributed by atoms with Crippen molar-refractivity contribution in [2.24, 2.45) is 40.4 Å². The van der Waals surface area contributed by atoms with E-state index in [0.717, 1.165) is 32.1 Å². The third-order valence-electron chi connectivity index (χ3n) is 10.1. The third-order valence-corrected chi connectivity index (χ3v) is 11.5. The zero-order valence-electron chi connectivity index (χ0n) is 20.5. The summed E-state index contributed by atoms with van der Waals surface area (Å²) in [5.74, 6) is 0.181. The predicted molar refractivity (Wildman–Crippen MR) is 126 cm³/mol. The molecule has 0 bridgehead atoms. The van der Waals surface area contributed by atoms with Crippen molar-refractivity contribution in [1.82, 2.24) is 0 Å². The molecule has 0 aromatic rings. The topological polar surface area (TPSA) is 191 Å². The zero-order chi connectivity index (χ0) is 26.9. The first kappa shape index (κ1) is 28.6. The van der Waals surface area contributed by atoms with Crippen LogP contribution in [-0.4, -0.2) is 57.2 Å². The quantitative estimate of drug-likeness (QED) is 0.376. The van der Waals surface area contributed by atoms with Gasteiger partial charge in [0.05, 0.1) is 6.10 Å². The van der Waals surface area contributed by atoms with Gasteiger partial charge in [-0.3, -0.25) is 13.7 Å². The smallest absolute Gasteiger partial charge is 0.264 e. The first-order valence-electron chi connectivity index (χ1n) is 12.3. The van der Waals surface area contributed by atoms with E-state index < -0.39 is 60.8 Å². The van der Waals surface area contributed by atoms with Crippen LogP contribution < -0.4 is 0 Å². The molecule has 0 radical (unpaired) electrons. The van der Waals surface area contributed by atoms with Crippen molar-refractivity contribution in [2.45, 2.75) is 90.4 Å². The highest BCUT2D eigenvalue weighted by Gasteiger charge is 2.64. The van der Waals surface area contributed by atoms with Gasteiger partial charge in [0.2, 0.25) is 0 Å². The highest BCUT2D eigenvalue weighted by atomic mass is 32.3. The van der Waals surface area contributed by atoms with Crippen LogP contribution in [0.5, 0.6) is 0 Å². The molecule has 4 saturated carbocycles. The molecule has 4 aliphatic rings. The summed E-state index contributed by atoms with van der Waals surface area (Å²) in [4.78, 5) is 0. The van der Waals surface area contributed by atoms with Crippen LogP contribution in [0.25, 0.3) is 0 Å². The molecular formula is C21H36O12S3. The Morgan fingerprint density at radius 2 is 1.22 bits per heavy atom. The molecule has 0 aromatic heterocycles. The summed E-state index contributed by atoms with van der Waals surface area (Å²) >= 11 is 0. The van der Waals surface area contributed by atoms with Gasteiger partial charge in [-0.25, -0.2) is 12.5 Å². The highest BCUT2D eigenvalue weighted by Crippen LogP contribution is 2.68. The summed E-state index contributed by atoms with van der Waals surface area (Å²) in [7, 11) is -14.9. The molecule has 12 nitrogen and oxygen atoms in total. The molecule has 0 spiro atoms. The molecule has 3 N–H and O–H groups in total. The highest BCUT2D eigenvalue weighted by molar-refractivity contribution is 7.81. The Labute approximate surface area is 213 Å². The van der Waals surface area contributed by atoms with Crippen LogP contribution in [0.4, 0.5) is 0 Å². The van der Waals surface area contributed by atoms with Crippen molar-refractivity contribution in [1.29, 1.82) is 0 Å². The minimum absolute atomic E-state index is 0.0107. The molecule has 0 saturated heterocycles. The van der Waals surface area contributed by atoms with Crippen molar-refractivity contribution < 1.29 is 51.5 Å². The van der Waals surface area contributed by atoms with E-state index in [-0.39, 0.29) is 36.0 Å². The van der Waals surface area contributed by atoms with E-state index in [1.807, 2.05) is 6.92 Å². The zero-order valence-corrected chi connectivity index (χ0v) is 23.0. The van der Waals surface area contributed by atoms with Gasteiger partial charge in [0, 0.05) is 0 Å². The number of hydrogen-bond donors (Lipinski definition) is 3. The Morgan fingerprint density at radius 1 is 0.694 bits per heavy atom. The van der Waals surface area contributed by atoms with E-state index >= 15 is 0 Å². The van der Waals surface area contributed by atoms with Gasteiger partial charge in [-0.15, -0.1) is 0 Å². The van der Waals surface area contributed by atoms with E-state index in [9.17, 15) is 38.9 Å². The maximum absolute atomic E-state index is 11.8. The Hall–Kier alpha value is -0.390. The molecular weight excluding hydrogens is 540 g/mol. The lowest BCUT2D eigenvalue weighted by Crippen LogP contribution is -2.62. The van der Waals surface area contributed by atoms with Crippen molar-refractivity contribution in [3.8, 4) is 0 Å². The number of hydrogen-bond acceptors (Lipinski definition) is 9. The molecule has 10 unspecified atom stereocenters. The lowest BCUT2D eigenvalue weighted by molar-refractivity contribution is -0.182. The van der Waals surface area contributed by atoms with Crippen LogP contribution in [0.3, 0.4) is 0 Å². The van der Waals surface area contributed by atoms with Crippen LogP contribution in [0.15, 0.2) is 0 Å². The van der Waals surface area contributed by atoms with Gasteiger partial charge in [-0.05, 0) is 85.4 Å². The van der Waals surface area contributed by atoms with E-state index in [4.69, 9.17) is 12.5 Å². The molecule has 210 valence electrons. The summed E-state index contributed by atoms with van der Waals surface area (Å²) in [6, 6.07) is 0. The first-order chi connectivity index (χ1) is 16.4. The Kier molecular flexibility index (Phi) is 7.44. The molecule has 4 rings (SSSR count). The minimum atomic E-state index is -5.04. The maximum atomic E-state index is 11.8. The Balaban J connectivity index is 1.76. The Bertz CT molecular complexity index is 1170. The van der Waals surface area contributed by atoms with Gasteiger partial charge in [-0.2, -0.15) is 25.3 Å². The predicted octanol–water partition coefficient (Wildman–Crippen LogP) is 2.84. The maximum Gasteiger partial charge on any atom is 0.397 e. The monoisotopic (exact) mass is 576 g/mol. The summed E-state index contributed by atoms with van der Waals surface area (Å²) in [5, 5.41) is 0. The molecule has 0 amide bonds. The summed E-state index contributed by atoms with van der Waals surface area (Å²) in [6.45, 7) is 6.32. The van der Waals surface area contributed by atoms with E-state index in [1.165, 1.54) is 0 Å². The average molecular weight is 577 g/mol. The fourth-order valence-corrected chi connectivity index (χ4v) is 10.4. The fraction of sp³-hybridized carbons (Fsp3) is 1.00. The summed E-state index contributed by atoms with van der Waals surface area (Å²) < 4.78 is 113. The second-order valence-electron chi connectivity index (χ2n) is 11.6. The molecule has 36 heavy (non-hydrogen) atoms. The van der Waals surface area contributed by atoms with Crippen molar-refractivity contribution in [3.63, 3.8) is 0 Å². The second kappa shape index (κ2) is 9.37. The molecule has 4 fully saturated rings. The van der Waals surface area contributed by atoms with Crippen molar-refractivity contribution in [3.05, 3.63) is 0 Å². The SMILES string of the molecule is CCC1CCC2C3CC(OS(=O)(=O)O)C4CC(OS(=O)(=O)O)C(OS(=O)(=O)O)CC4(C)C3CCC12C. The third kappa shape index (κ3) is 5.50. The largest absolute Gasteiger partial charge is 0.397 e. The van der Waals surface area contributed by atoms with Crippen LogP contribution in [0.1, 0.15) is 72.1 Å². The van der Waals surface area contributed by atoms with Gasteiger partial charge in [0.15, 0.2) is 0 Å². The van der Waals surface area contributed by atoms with Gasteiger partial charge in [-0.1, -0.05) is 27.2 Å². The van der Waals surface area contributed by atoms with Gasteiger partial charge in [0.25, 0.3) is 0 Å². The average Bonchev–Trinajstić information content (AvgIpc) is 3.02. The fourth-order valence-electron chi connectivity index (χ4n) is 8.81. The van der Waals surface area contributed by atoms with E-state index in [2.05, 4.69) is 13.8 Å². The van der Waals surface area contributed by atoms with Crippen LogP contribution in [0, 0.1) is 40.4 Å². The van der Waals surface area contributed by atoms with Crippen molar-refractivity contribution >= 4 is 31.2 Å². The minimum Gasteiger partial charge on any atom is -0.264 e. The second-order valence-corrected chi connectivity index (χ2v) is 14.7. The molecule has 0 aromatic carbocycles. The van der Waals surface area contributed by atoms with Gasteiger partial charge < -0.3 is 0 Å². The van der Waals surface area contributed by atoms with E-state index in [0.29, 0.717) is 12.3 Å². The molecule has 4 aliphatic carbocycles. The normalized spacial score (nSPS) is 45.5.